The Kier molecular flexibility index (Phi) is 2.92. The standard InChI is InChI=1S/C11H11F3OS/c1-6(15)9-5-16-10-3-2-7(4-8(9)10)11(12,13)14/h2-4,6,9,15H,5H2,1H3. The van der Waals surface area contributed by atoms with E-state index in [1.54, 1.807) is 6.92 Å². The molecule has 88 valence electrons. The van der Waals surface area contributed by atoms with Crippen molar-refractivity contribution in [3.05, 3.63) is 29.3 Å². The zero-order valence-corrected chi connectivity index (χ0v) is 9.40. The van der Waals surface area contributed by atoms with E-state index in [1.165, 1.54) is 17.8 Å². The van der Waals surface area contributed by atoms with Crippen LogP contribution in [0.3, 0.4) is 0 Å². The third-order valence-electron chi connectivity index (χ3n) is 2.74. The summed E-state index contributed by atoms with van der Waals surface area (Å²) in [6.07, 6.45) is -4.93. The van der Waals surface area contributed by atoms with Crippen LogP contribution in [-0.4, -0.2) is 17.0 Å². The Morgan fingerprint density at radius 3 is 2.69 bits per heavy atom. The number of benzene rings is 1. The molecule has 1 aliphatic rings. The number of aliphatic hydroxyl groups is 1. The van der Waals surface area contributed by atoms with Crippen molar-refractivity contribution < 1.29 is 18.3 Å². The molecule has 16 heavy (non-hydrogen) atoms. The van der Waals surface area contributed by atoms with Crippen LogP contribution in [0, 0.1) is 0 Å². The lowest BCUT2D eigenvalue weighted by Crippen LogP contribution is -2.15. The van der Waals surface area contributed by atoms with Crippen molar-refractivity contribution in [3.63, 3.8) is 0 Å². The molecule has 5 heteroatoms. The smallest absolute Gasteiger partial charge is 0.393 e. The summed E-state index contributed by atoms with van der Waals surface area (Å²) in [5.74, 6) is 0.455. The van der Waals surface area contributed by atoms with Crippen LogP contribution in [-0.2, 0) is 6.18 Å². The van der Waals surface area contributed by atoms with Crippen molar-refractivity contribution in [2.24, 2.45) is 0 Å². The van der Waals surface area contributed by atoms with E-state index in [-0.39, 0.29) is 5.92 Å². The highest BCUT2D eigenvalue weighted by atomic mass is 32.2. The fraction of sp³-hybridized carbons (Fsp3) is 0.455. The Labute approximate surface area is 95.7 Å². The Bertz CT molecular complexity index is 401. The van der Waals surface area contributed by atoms with E-state index in [4.69, 9.17) is 0 Å². The molecule has 2 atom stereocenters. The zero-order chi connectivity index (χ0) is 11.9. The molecule has 1 N–H and O–H groups in total. The Morgan fingerprint density at radius 1 is 1.44 bits per heavy atom. The van der Waals surface area contributed by atoms with E-state index in [0.717, 1.165) is 17.0 Å². The van der Waals surface area contributed by atoms with E-state index in [2.05, 4.69) is 0 Å². The first-order valence-corrected chi connectivity index (χ1v) is 5.90. The fourth-order valence-electron chi connectivity index (χ4n) is 1.81. The number of alkyl halides is 3. The first-order chi connectivity index (χ1) is 7.39. The summed E-state index contributed by atoms with van der Waals surface area (Å²) < 4.78 is 37.5. The summed E-state index contributed by atoms with van der Waals surface area (Å²) in [5.41, 5.74) is -0.0192. The first kappa shape index (κ1) is 11.8. The number of thioether (sulfide) groups is 1. The van der Waals surface area contributed by atoms with Crippen LogP contribution >= 0.6 is 11.8 Å². The summed E-state index contributed by atoms with van der Waals surface area (Å²) in [7, 11) is 0. The topological polar surface area (TPSA) is 20.2 Å². The summed E-state index contributed by atoms with van der Waals surface area (Å²) in [5, 5.41) is 9.50. The minimum atomic E-state index is -4.31. The molecule has 1 heterocycles. The zero-order valence-electron chi connectivity index (χ0n) is 8.58. The maximum Gasteiger partial charge on any atom is 0.416 e. The number of rotatable bonds is 1. The minimum absolute atomic E-state index is 0.192. The molecule has 0 amide bonds. The molecular formula is C11H11F3OS. The van der Waals surface area contributed by atoms with E-state index in [1.807, 2.05) is 0 Å². The lowest BCUT2D eigenvalue weighted by Gasteiger charge is -2.15. The third kappa shape index (κ3) is 2.06. The average Bonchev–Trinajstić information content (AvgIpc) is 2.58. The van der Waals surface area contributed by atoms with Gasteiger partial charge < -0.3 is 5.11 Å². The normalized spacial score (nSPS) is 21.9. The molecule has 2 unspecified atom stereocenters. The molecule has 1 aliphatic heterocycles. The second-order valence-electron chi connectivity index (χ2n) is 3.91. The van der Waals surface area contributed by atoms with Gasteiger partial charge in [-0.05, 0) is 30.7 Å². The van der Waals surface area contributed by atoms with Crippen LogP contribution in [0.4, 0.5) is 13.2 Å². The largest absolute Gasteiger partial charge is 0.416 e. The predicted octanol–water partition coefficient (Wildman–Crippen LogP) is 3.28. The Balaban J connectivity index is 2.41. The van der Waals surface area contributed by atoms with Crippen molar-refractivity contribution in [3.8, 4) is 0 Å². The number of hydrogen-bond acceptors (Lipinski definition) is 2. The van der Waals surface area contributed by atoms with Crippen LogP contribution in [0.15, 0.2) is 23.1 Å². The van der Waals surface area contributed by atoms with Gasteiger partial charge >= 0.3 is 6.18 Å². The van der Waals surface area contributed by atoms with E-state index < -0.39 is 17.8 Å². The fourth-order valence-corrected chi connectivity index (χ4v) is 3.17. The van der Waals surface area contributed by atoms with E-state index >= 15 is 0 Å². The van der Waals surface area contributed by atoms with Gasteiger partial charge in [0.1, 0.15) is 0 Å². The molecule has 0 aromatic heterocycles. The van der Waals surface area contributed by atoms with Crippen molar-refractivity contribution in [1.82, 2.24) is 0 Å². The molecular weight excluding hydrogens is 237 g/mol. The van der Waals surface area contributed by atoms with E-state index in [0.29, 0.717) is 11.3 Å². The van der Waals surface area contributed by atoms with Crippen LogP contribution in [0.2, 0.25) is 0 Å². The van der Waals surface area contributed by atoms with Gasteiger partial charge in [-0.25, -0.2) is 0 Å². The molecule has 1 nitrogen and oxygen atoms in total. The van der Waals surface area contributed by atoms with Gasteiger partial charge in [-0.15, -0.1) is 11.8 Å². The molecule has 0 spiro atoms. The van der Waals surface area contributed by atoms with E-state index in [9.17, 15) is 18.3 Å². The van der Waals surface area contributed by atoms with Gasteiger partial charge in [0.05, 0.1) is 11.7 Å². The number of hydrogen-bond donors (Lipinski definition) is 1. The minimum Gasteiger partial charge on any atom is -0.393 e. The third-order valence-corrected chi connectivity index (χ3v) is 3.95. The monoisotopic (exact) mass is 248 g/mol. The number of fused-ring (bicyclic) bond motifs is 1. The quantitative estimate of drug-likeness (QED) is 0.823. The van der Waals surface area contributed by atoms with Crippen LogP contribution < -0.4 is 0 Å². The molecule has 0 radical (unpaired) electrons. The summed E-state index contributed by atoms with van der Waals surface area (Å²) in [6.45, 7) is 1.61. The van der Waals surface area contributed by atoms with Gasteiger partial charge in [0.15, 0.2) is 0 Å². The molecule has 0 fully saturated rings. The molecule has 0 saturated carbocycles. The SMILES string of the molecule is CC(O)C1CSc2ccc(C(F)(F)F)cc21. The number of halogens is 3. The van der Waals surface area contributed by atoms with Gasteiger partial charge in [0.2, 0.25) is 0 Å². The predicted molar refractivity (Wildman–Crippen MR) is 56.6 cm³/mol. The van der Waals surface area contributed by atoms with Gasteiger partial charge in [0, 0.05) is 16.6 Å². The number of aliphatic hydroxyl groups excluding tert-OH is 1. The van der Waals surface area contributed by atoms with Crippen molar-refractivity contribution in [2.45, 2.75) is 30.0 Å². The maximum atomic E-state index is 12.5. The molecule has 0 bridgehead atoms. The van der Waals surface area contributed by atoms with Crippen LogP contribution in [0.25, 0.3) is 0 Å². The molecule has 1 aromatic carbocycles. The summed E-state index contributed by atoms with van der Waals surface area (Å²) in [4.78, 5) is 0.846. The van der Waals surface area contributed by atoms with Crippen molar-refractivity contribution in [1.29, 1.82) is 0 Å². The highest BCUT2D eigenvalue weighted by molar-refractivity contribution is 7.99. The van der Waals surface area contributed by atoms with Crippen molar-refractivity contribution in [2.75, 3.05) is 5.75 Å². The molecule has 2 rings (SSSR count). The Morgan fingerprint density at radius 2 is 2.12 bits per heavy atom. The second kappa shape index (κ2) is 3.96. The van der Waals surface area contributed by atoms with Gasteiger partial charge in [0.25, 0.3) is 0 Å². The Hall–Kier alpha value is -0.680. The first-order valence-electron chi connectivity index (χ1n) is 4.91. The van der Waals surface area contributed by atoms with Gasteiger partial charge in [-0.3, -0.25) is 0 Å². The van der Waals surface area contributed by atoms with Gasteiger partial charge in [-0.2, -0.15) is 13.2 Å². The average molecular weight is 248 g/mol. The maximum absolute atomic E-state index is 12.5. The van der Waals surface area contributed by atoms with Crippen LogP contribution in [0.5, 0.6) is 0 Å². The highest BCUT2D eigenvalue weighted by Crippen LogP contribution is 2.43. The highest BCUT2D eigenvalue weighted by Gasteiger charge is 2.34. The summed E-state index contributed by atoms with van der Waals surface area (Å²) >= 11 is 1.50. The van der Waals surface area contributed by atoms with Crippen LogP contribution in [0.1, 0.15) is 24.0 Å². The second-order valence-corrected chi connectivity index (χ2v) is 4.97. The van der Waals surface area contributed by atoms with Gasteiger partial charge in [-0.1, -0.05) is 0 Å². The molecule has 0 saturated heterocycles. The van der Waals surface area contributed by atoms with Crippen molar-refractivity contribution >= 4 is 11.8 Å². The lowest BCUT2D eigenvalue weighted by molar-refractivity contribution is -0.137. The lowest BCUT2D eigenvalue weighted by atomic mass is 9.95. The molecule has 1 aromatic rings. The summed E-state index contributed by atoms with van der Waals surface area (Å²) in [6, 6.07) is 3.74. The molecule has 0 aliphatic carbocycles.